The van der Waals surface area contributed by atoms with Gasteiger partial charge in [0.15, 0.2) is 0 Å². The molecule has 0 bridgehead atoms. The van der Waals surface area contributed by atoms with E-state index < -0.39 is 0 Å². The maximum absolute atomic E-state index is 10.8. The number of rotatable bonds is 4. The summed E-state index contributed by atoms with van der Waals surface area (Å²) in [5.41, 5.74) is 2.87. The van der Waals surface area contributed by atoms with Crippen molar-refractivity contribution in [1.82, 2.24) is 4.98 Å². The summed E-state index contributed by atoms with van der Waals surface area (Å²) < 4.78 is 5.19. The van der Waals surface area contributed by atoms with Crippen LogP contribution < -0.4 is 4.74 Å². The molecule has 0 radical (unpaired) electrons. The van der Waals surface area contributed by atoms with Gasteiger partial charge in [0.25, 0.3) is 0 Å². The Labute approximate surface area is 105 Å². The van der Waals surface area contributed by atoms with E-state index in [1.165, 1.54) is 7.11 Å². The highest BCUT2D eigenvalue weighted by molar-refractivity contribution is 5.80. The summed E-state index contributed by atoms with van der Waals surface area (Å²) >= 11 is 0. The molecule has 4 heteroatoms. The summed E-state index contributed by atoms with van der Waals surface area (Å²) in [5, 5.41) is 9.14. The molecule has 0 amide bonds. The molecule has 1 heterocycles. The van der Waals surface area contributed by atoms with E-state index in [0.717, 1.165) is 17.4 Å². The Bertz CT molecular complexity index is 567. The molecule has 0 fully saturated rings. The van der Waals surface area contributed by atoms with Gasteiger partial charge in [0.1, 0.15) is 6.29 Å². The second kappa shape index (κ2) is 5.42. The standard InChI is InChI=1S/C14H13NO3/c1-18-14-13(6-11(9-17)7-15-14)12-4-2-3-10(5-12)8-16/h2-8,17H,9H2,1H3. The number of aromatic nitrogens is 1. The largest absolute Gasteiger partial charge is 0.481 e. The Kier molecular flexibility index (Phi) is 3.69. The molecule has 0 atom stereocenters. The van der Waals surface area contributed by atoms with E-state index in [1.54, 1.807) is 30.5 Å². The van der Waals surface area contributed by atoms with Gasteiger partial charge in [-0.2, -0.15) is 0 Å². The third kappa shape index (κ3) is 2.38. The maximum Gasteiger partial charge on any atom is 0.221 e. The number of benzene rings is 1. The lowest BCUT2D eigenvalue weighted by atomic mass is 10.0. The fourth-order valence-corrected chi connectivity index (χ4v) is 1.73. The van der Waals surface area contributed by atoms with Crippen molar-refractivity contribution in [3.63, 3.8) is 0 Å². The van der Waals surface area contributed by atoms with Crippen molar-refractivity contribution in [3.8, 4) is 17.0 Å². The Morgan fingerprint density at radius 1 is 1.39 bits per heavy atom. The molecule has 1 N–H and O–H groups in total. The number of aldehydes is 1. The molecular weight excluding hydrogens is 230 g/mol. The summed E-state index contributed by atoms with van der Waals surface area (Å²) in [6.45, 7) is -0.0859. The highest BCUT2D eigenvalue weighted by Gasteiger charge is 2.09. The van der Waals surface area contributed by atoms with E-state index in [1.807, 2.05) is 6.07 Å². The molecule has 18 heavy (non-hydrogen) atoms. The van der Waals surface area contributed by atoms with Crippen LogP contribution in [0.15, 0.2) is 36.5 Å². The van der Waals surface area contributed by atoms with E-state index in [2.05, 4.69) is 4.98 Å². The number of ether oxygens (including phenoxy) is 1. The zero-order valence-corrected chi connectivity index (χ0v) is 9.96. The molecule has 0 saturated heterocycles. The predicted molar refractivity (Wildman–Crippen MR) is 67.5 cm³/mol. The first-order valence-electron chi connectivity index (χ1n) is 5.48. The van der Waals surface area contributed by atoms with Crippen molar-refractivity contribution >= 4 is 6.29 Å². The van der Waals surface area contributed by atoms with Crippen LogP contribution in [-0.2, 0) is 6.61 Å². The minimum atomic E-state index is -0.0859. The number of pyridine rings is 1. The van der Waals surface area contributed by atoms with Gasteiger partial charge in [-0.15, -0.1) is 0 Å². The first-order valence-corrected chi connectivity index (χ1v) is 5.48. The number of hydrogen-bond donors (Lipinski definition) is 1. The van der Waals surface area contributed by atoms with Gasteiger partial charge in [-0.05, 0) is 23.3 Å². The molecule has 92 valence electrons. The minimum Gasteiger partial charge on any atom is -0.481 e. The summed E-state index contributed by atoms with van der Waals surface area (Å²) in [4.78, 5) is 14.9. The molecule has 0 saturated carbocycles. The van der Waals surface area contributed by atoms with Crippen LogP contribution in [0.5, 0.6) is 5.88 Å². The molecule has 0 aliphatic rings. The van der Waals surface area contributed by atoms with E-state index in [4.69, 9.17) is 9.84 Å². The summed E-state index contributed by atoms with van der Waals surface area (Å²) in [7, 11) is 1.54. The summed E-state index contributed by atoms with van der Waals surface area (Å²) in [5.74, 6) is 0.468. The van der Waals surface area contributed by atoms with E-state index in [9.17, 15) is 4.79 Å². The van der Waals surface area contributed by atoms with Crippen LogP contribution in [0.1, 0.15) is 15.9 Å². The molecule has 0 spiro atoms. The van der Waals surface area contributed by atoms with E-state index in [-0.39, 0.29) is 6.61 Å². The molecular formula is C14H13NO3. The maximum atomic E-state index is 10.8. The van der Waals surface area contributed by atoms with Crippen molar-refractivity contribution in [2.75, 3.05) is 7.11 Å². The third-order valence-electron chi connectivity index (χ3n) is 2.62. The first-order chi connectivity index (χ1) is 8.78. The van der Waals surface area contributed by atoms with Crippen molar-refractivity contribution < 1.29 is 14.6 Å². The molecule has 2 rings (SSSR count). The number of aliphatic hydroxyl groups excluding tert-OH is 1. The number of nitrogens with zero attached hydrogens (tertiary/aromatic N) is 1. The number of carbonyl (C=O) groups excluding carboxylic acids is 1. The van der Waals surface area contributed by atoms with Gasteiger partial charge < -0.3 is 9.84 Å². The van der Waals surface area contributed by atoms with Gasteiger partial charge in [0.2, 0.25) is 5.88 Å². The Hall–Kier alpha value is -2.20. The van der Waals surface area contributed by atoms with E-state index >= 15 is 0 Å². The highest BCUT2D eigenvalue weighted by Crippen LogP contribution is 2.29. The second-order valence-electron chi connectivity index (χ2n) is 3.80. The number of hydrogen-bond acceptors (Lipinski definition) is 4. The normalized spacial score (nSPS) is 10.1. The third-order valence-corrected chi connectivity index (χ3v) is 2.62. The van der Waals surface area contributed by atoms with Crippen LogP contribution in [0.4, 0.5) is 0 Å². The molecule has 0 unspecified atom stereocenters. The Morgan fingerprint density at radius 2 is 2.22 bits per heavy atom. The average molecular weight is 243 g/mol. The van der Waals surface area contributed by atoms with Crippen molar-refractivity contribution in [2.45, 2.75) is 6.61 Å². The highest BCUT2D eigenvalue weighted by atomic mass is 16.5. The van der Waals surface area contributed by atoms with Crippen molar-refractivity contribution in [1.29, 1.82) is 0 Å². The Balaban J connectivity index is 2.56. The number of carbonyl (C=O) groups is 1. The molecule has 0 aliphatic carbocycles. The fourth-order valence-electron chi connectivity index (χ4n) is 1.73. The van der Waals surface area contributed by atoms with Crippen LogP contribution in [-0.4, -0.2) is 23.5 Å². The summed E-state index contributed by atoms with van der Waals surface area (Å²) in [6.07, 6.45) is 2.35. The predicted octanol–water partition coefficient (Wildman–Crippen LogP) is 2.06. The molecule has 2 aromatic rings. The van der Waals surface area contributed by atoms with Crippen LogP contribution in [0.2, 0.25) is 0 Å². The SMILES string of the molecule is COc1ncc(CO)cc1-c1cccc(C=O)c1. The molecule has 4 nitrogen and oxygen atoms in total. The smallest absolute Gasteiger partial charge is 0.221 e. The van der Waals surface area contributed by atoms with Gasteiger partial charge in [-0.1, -0.05) is 18.2 Å². The quantitative estimate of drug-likeness (QED) is 0.835. The first kappa shape index (κ1) is 12.3. The fraction of sp³-hybridized carbons (Fsp3) is 0.143. The zero-order chi connectivity index (χ0) is 13.0. The number of methoxy groups -OCH3 is 1. The van der Waals surface area contributed by atoms with Gasteiger partial charge in [-0.25, -0.2) is 4.98 Å². The molecule has 0 aliphatic heterocycles. The molecule has 1 aromatic heterocycles. The molecule has 1 aromatic carbocycles. The van der Waals surface area contributed by atoms with Gasteiger partial charge in [-0.3, -0.25) is 4.79 Å². The lowest BCUT2D eigenvalue weighted by molar-refractivity contribution is 0.112. The second-order valence-corrected chi connectivity index (χ2v) is 3.80. The van der Waals surface area contributed by atoms with E-state index in [0.29, 0.717) is 17.0 Å². The van der Waals surface area contributed by atoms with Crippen LogP contribution in [0, 0.1) is 0 Å². The van der Waals surface area contributed by atoms with Crippen LogP contribution >= 0.6 is 0 Å². The van der Waals surface area contributed by atoms with Gasteiger partial charge in [0, 0.05) is 17.3 Å². The number of aliphatic hydroxyl groups is 1. The Morgan fingerprint density at radius 3 is 2.89 bits per heavy atom. The van der Waals surface area contributed by atoms with Crippen molar-refractivity contribution in [2.24, 2.45) is 0 Å². The topological polar surface area (TPSA) is 59.4 Å². The minimum absolute atomic E-state index is 0.0859. The average Bonchev–Trinajstić information content (AvgIpc) is 2.46. The van der Waals surface area contributed by atoms with Crippen molar-refractivity contribution in [3.05, 3.63) is 47.7 Å². The van der Waals surface area contributed by atoms with Gasteiger partial charge in [0.05, 0.1) is 13.7 Å². The monoisotopic (exact) mass is 243 g/mol. The lowest BCUT2D eigenvalue weighted by Gasteiger charge is -2.09. The van der Waals surface area contributed by atoms with Gasteiger partial charge >= 0.3 is 0 Å². The zero-order valence-electron chi connectivity index (χ0n) is 9.96. The van der Waals surface area contributed by atoms with Crippen LogP contribution in [0.3, 0.4) is 0 Å². The lowest BCUT2D eigenvalue weighted by Crippen LogP contribution is -1.95. The summed E-state index contributed by atoms with van der Waals surface area (Å²) in [6, 6.07) is 8.95. The van der Waals surface area contributed by atoms with Crippen LogP contribution in [0.25, 0.3) is 11.1 Å².